The molecule has 2 rings (SSSR count). The topological polar surface area (TPSA) is 24.9 Å². The van der Waals surface area contributed by atoms with E-state index in [1.54, 1.807) is 11.3 Å². The first kappa shape index (κ1) is 5.38. The maximum absolute atomic E-state index is 4.35. The second-order valence-electron chi connectivity index (χ2n) is 2.21. The van der Waals surface area contributed by atoms with Crippen molar-refractivity contribution in [3.8, 4) is 0 Å². The normalized spacial score (nSPS) is 16.1. The van der Waals surface area contributed by atoms with Gasteiger partial charge in [0.25, 0.3) is 0 Å². The largest absolute Gasteiger partial charge is 0.306 e. The summed E-state index contributed by atoms with van der Waals surface area (Å²) in [6.07, 6.45) is 0. The van der Waals surface area contributed by atoms with Gasteiger partial charge in [-0.25, -0.2) is 4.98 Å². The van der Waals surface area contributed by atoms with Crippen LogP contribution in [0.3, 0.4) is 0 Å². The average Bonchev–Trinajstić information content (AvgIpc) is 2.22. The van der Waals surface area contributed by atoms with Crippen molar-refractivity contribution in [2.75, 3.05) is 0 Å². The van der Waals surface area contributed by atoms with Crippen molar-refractivity contribution < 1.29 is 0 Å². The minimum absolute atomic E-state index is 0.972. The lowest BCUT2D eigenvalue weighted by Gasteiger charge is -1.84. The molecule has 0 unspecified atom stereocenters. The number of thiazole rings is 1. The predicted molar refractivity (Wildman–Crippen MR) is 37.4 cm³/mol. The lowest BCUT2D eigenvalue weighted by molar-refractivity contribution is 0.757. The molecule has 3 heteroatoms. The van der Waals surface area contributed by atoms with E-state index < -0.39 is 0 Å². The zero-order valence-electron chi connectivity index (χ0n) is 5.27. The Labute approximate surface area is 57.9 Å². The smallest absolute Gasteiger partial charge is 0.0901 e. The van der Waals surface area contributed by atoms with Crippen LogP contribution in [0.2, 0.25) is 0 Å². The standard InChI is InChI=1S/C6H8N2S/c1-4-8-5-2-7-3-6(5)9-4/h7H,2-3H2,1H3. The van der Waals surface area contributed by atoms with E-state index in [1.807, 2.05) is 0 Å². The maximum Gasteiger partial charge on any atom is 0.0901 e. The zero-order valence-corrected chi connectivity index (χ0v) is 6.09. The van der Waals surface area contributed by atoms with Crippen molar-refractivity contribution in [3.05, 3.63) is 15.6 Å². The van der Waals surface area contributed by atoms with Crippen LogP contribution >= 0.6 is 11.3 Å². The molecular weight excluding hydrogens is 132 g/mol. The van der Waals surface area contributed by atoms with Gasteiger partial charge in [-0.3, -0.25) is 0 Å². The Morgan fingerprint density at radius 1 is 1.56 bits per heavy atom. The Morgan fingerprint density at radius 2 is 2.44 bits per heavy atom. The molecule has 0 aromatic carbocycles. The third-order valence-corrected chi connectivity index (χ3v) is 2.48. The first-order chi connectivity index (χ1) is 4.36. The number of hydrogen-bond donors (Lipinski definition) is 1. The fourth-order valence-electron chi connectivity index (χ4n) is 1.08. The first-order valence-electron chi connectivity index (χ1n) is 3.02. The molecule has 9 heavy (non-hydrogen) atoms. The molecule has 1 aliphatic heterocycles. The third kappa shape index (κ3) is 0.767. The van der Waals surface area contributed by atoms with Gasteiger partial charge in [-0.2, -0.15) is 0 Å². The first-order valence-corrected chi connectivity index (χ1v) is 3.84. The zero-order chi connectivity index (χ0) is 6.27. The van der Waals surface area contributed by atoms with E-state index >= 15 is 0 Å². The summed E-state index contributed by atoms with van der Waals surface area (Å²) < 4.78 is 0. The molecule has 0 saturated carbocycles. The van der Waals surface area contributed by atoms with Crippen LogP contribution in [0.25, 0.3) is 0 Å². The Kier molecular flexibility index (Phi) is 1.07. The molecule has 0 atom stereocenters. The molecule has 2 nitrogen and oxygen atoms in total. The van der Waals surface area contributed by atoms with Crippen LogP contribution in [-0.4, -0.2) is 4.98 Å². The van der Waals surface area contributed by atoms with Gasteiger partial charge in [0, 0.05) is 18.0 Å². The van der Waals surface area contributed by atoms with E-state index in [1.165, 1.54) is 15.6 Å². The van der Waals surface area contributed by atoms with Gasteiger partial charge in [0.15, 0.2) is 0 Å². The van der Waals surface area contributed by atoms with E-state index in [0.29, 0.717) is 0 Å². The molecule has 48 valence electrons. The summed E-state index contributed by atoms with van der Waals surface area (Å²) in [4.78, 5) is 5.77. The van der Waals surface area contributed by atoms with Crippen molar-refractivity contribution >= 4 is 11.3 Å². The highest BCUT2D eigenvalue weighted by Gasteiger charge is 2.13. The highest BCUT2D eigenvalue weighted by Crippen LogP contribution is 2.21. The van der Waals surface area contributed by atoms with Crippen LogP contribution in [0.4, 0.5) is 0 Å². The molecule has 1 aliphatic rings. The van der Waals surface area contributed by atoms with Crippen molar-refractivity contribution in [1.82, 2.24) is 10.3 Å². The van der Waals surface area contributed by atoms with Gasteiger partial charge in [-0.05, 0) is 6.92 Å². The quantitative estimate of drug-likeness (QED) is 0.582. The van der Waals surface area contributed by atoms with Crippen molar-refractivity contribution in [1.29, 1.82) is 0 Å². The van der Waals surface area contributed by atoms with Crippen LogP contribution in [0, 0.1) is 6.92 Å². The van der Waals surface area contributed by atoms with E-state index in [2.05, 4.69) is 17.2 Å². The van der Waals surface area contributed by atoms with E-state index in [-0.39, 0.29) is 0 Å². The number of nitrogens with zero attached hydrogens (tertiary/aromatic N) is 1. The molecule has 0 bridgehead atoms. The number of rotatable bonds is 0. The van der Waals surface area contributed by atoms with Gasteiger partial charge < -0.3 is 5.32 Å². The summed E-state index contributed by atoms with van der Waals surface area (Å²) in [5.41, 5.74) is 1.26. The number of aryl methyl sites for hydroxylation is 1. The molecule has 1 N–H and O–H groups in total. The third-order valence-electron chi connectivity index (χ3n) is 1.46. The van der Waals surface area contributed by atoms with Crippen LogP contribution in [0.15, 0.2) is 0 Å². The Hall–Kier alpha value is -0.410. The predicted octanol–water partition coefficient (Wildman–Crippen LogP) is 1.05. The fraction of sp³-hybridized carbons (Fsp3) is 0.500. The van der Waals surface area contributed by atoms with Gasteiger partial charge in [0.1, 0.15) is 0 Å². The van der Waals surface area contributed by atoms with E-state index in [4.69, 9.17) is 0 Å². The van der Waals surface area contributed by atoms with E-state index in [9.17, 15) is 0 Å². The maximum atomic E-state index is 4.35. The minimum Gasteiger partial charge on any atom is -0.306 e. The monoisotopic (exact) mass is 140 g/mol. The summed E-state index contributed by atoms with van der Waals surface area (Å²) in [5, 5.41) is 4.44. The lowest BCUT2D eigenvalue weighted by atomic mass is 10.4. The summed E-state index contributed by atoms with van der Waals surface area (Å²) in [5.74, 6) is 0. The second-order valence-corrected chi connectivity index (χ2v) is 3.49. The highest BCUT2D eigenvalue weighted by atomic mass is 32.1. The second kappa shape index (κ2) is 1.78. The number of aromatic nitrogens is 1. The van der Waals surface area contributed by atoms with Crippen molar-refractivity contribution in [2.45, 2.75) is 20.0 Å². The molecule has 0 aliphatic carbocycles. The van der Waals surface area contributed by atoms with Gasteiger partial charge in [0.05, 0.1) is 10.7 Å². The Bertz CT molecular complexity index is 207. The molecule has 0 spiro atoms. The summed E-state index contributed by atoms with van der Waals surface area (Å²) in [7, 11) is 0. The van der Waals surface area contributed by atoms with Gasteiger partial charge >= 0.3 is 0 Å². The molecular formula is C6H8N2S. The van der Waals surface area contributed by atoms with Crippen LogP contribution in [0.1, 0.15) is 15.6 Å². The molecule has 0 fully saturated rings. The van der Waals surface area contributed by atoms with Crippen LogP contribution in [0.5, 0.6) is 0 Å². The number of fused-ring (bicyclic) bond motifs is 1. The molecule has 0 amide bonds. The SMILES string of the molecule is Cc1nc2c(s1)CNC2. The molecule has 1 aromatic heterocycles. The van der Waals surface area contributed by atoms with Crippen LogP contribution in [-0.2, 0) is 13.1 Å². The van der Waals surface area contributed by atoms with E-state index in [0.717, 1.165) is 13.1 Å². The molecule has 1 aromatic rings. The summed E-state index contributed by atoms with van der Waals surface area (Å²) in [6, 6.07) is 0. The fourth-order valence-corrected chi connectivity index (χ4v) is 2.01. The lowest BCUT2D eigenvalue weighted by Crippen LogP contribution is -2.01. The van der Waals surface area contributed by atoms with Crippen LogP contribution < -0.4 is 5.32 Å². The number of nitrogens with one attached hydrogen (secondary N) is 1. The molecule has 0 saturated heterocycles. The molecule has 2 heterocycles. The van der Waals surface area contributed by atoms with Gasteiger partial charge in [-0.15, -0.1) is 11.3 Å². The Morgan fingerprint density at radius 3 is 3.22 bits per heavy atom. The summed E-state index contributed by atoms with van der Waals surface area (Å²) in [6.45, 7) is 4.06. The van der Waals surface area contributed by atoms with Crippen molar-refractivity contribution in [2.24, 2.45) is 0 Å². The Balaban J connectivity index is 2.51. The molecule has 0 radical (unpaired) electrons. The highest BCUT2D eigenvalue weighted by molar-refractivity contribution is 7.11. The van der Waals surface area contributed by atoms with Crippen molar-refractivity contribution in [3.63, 3.8) is 0 Å². The minimum atomic E-state index is 0.972. The average molecular weight is 140 g/mol. The summed E-state index contributed by atoms with van der Waals surface area (Å²) >= 11 is 1.80. The number of hydrogen-bond acceptors (Lipinski definition) is 3. The van der Waals surface area contributed by atoms with Gasteiger partial charge in [-0.1, -0.05) is 0 Å². The van der Waals surface area contributed by atoms with Gasteiger partial charge in [0.2, 0.25) is 0 Å².